The van der Waals surface area contributed by atoms with Gasteiger partial charge in [-0.1, -0.05) is 13.8 Å². The molecule has 0 aromatic carbocycles. The molecular weight excluding hydrogens is 266 g/mol. The Morgan fingerprint density at radius 1 is 1.24 bits per heavy atom. The van der Waals surface area contributed by atoms with Gasteiger partial charge in [-0.3, -0.25) is 14.7 Å². The Morgan fingerprint density at radius 3 is 2.48 bits per heavy atom. The van der Waals surface area contributed by atoms with E-state index in [1.54, 1.807) is 20.3 Å². The second-order valence-corrected chi connectivity index (χ2v) is 6.14. The molecule has 1 aliphatic rings. The van der Waals surface area contributed by atoms with Crippen molar-refractivity contribution in [2.24, 2.45) is 5.92 Å². The van der Waals surface area contributed by atoms with Crippen LogP contribution in [0.1, 0.15) is 24.3 Å². The third kappa shape index (κ3) is 4.14. The van der Waals surface area contributed by atoms with Gasteiger partial charge < -0.3 is 9.80 Å². The summed E-state index contributed by atoms with van der Waals surface area (Å²) in [6.07, 6.45) is 3.27. The van der Waals surface area contributed by atoms with Gasteiger partial charge in [0.2, 0.25) is 0 Å². The van der Waals surface area contributed by atoms with Crippen LogP contribution in [0.15, 0.2) is 12.4 Å². The van der Waals surface area contributed by atoms with Crippen molar-refractivity contribution < 1.29 is 4.79 Å². The molecule has 6 nitrogen and oxygen atoms in total. The molecule has 1 aliphatic heterocycles. The first-order chi connectivity index (χ1) is 9.97. The van der Waals surface area contributed by atoms with Crippen LogP contribution in [0.25, 0.3) is 0 Å². The maximum absolute atomic E-state index is 11.9. The number of anilines is 1. The second-order valence-electron chi connectivity index (χ2n) is 6.14. The third-order valence-electron chi connectivity index (χ3n) is 3.57. The normalized spacial score (nSPS) is 16.3. The largest absolute Gasteiger partial charge is 0.353 e. The zero-order chi connectivity index (χ0) is 15.4. The highest BCUT2D eigenvalue weighted by atomic mass is 16.2. The summed E-state index contributed by atoms with van der Waals surface area (Å²) in [5.74, 6) is 1.38. The standard InChI is InChI=1S/C15H25N5O/c1-12(2)11-19-5-7-20(8-6-19)14-10-16-9-13(17-14)15(21)18(3)4/h9-10,12H,5-8,11H2,1-4H3. The van der Waals surface area contributed by atoms with Gasteiger partial charge in [0.1, 0.15) is 11.5 Å². The highest BCUT2D eigenvalue weighted by molar-refractivity contribution is 5.91. The van der Waals surface area contributed by atoms with Crippen molar-refractivity contribution in [2.75, 3.05) is 51.7 Å². The van der Waals surface area contributed by atoms with Gasteiger partial charge in [0, 0.05) is 46.8 Å². The van der Waals surface area contributed by atoms with E-state index in [0.29, 0.717) is 11.6 Å². The minimum absolute atomic E-state index is 0.109. The fraction of sp³-hybridized carbons (Fsp3) is 0.667. The summed E-state index contributed by atoms with van der Waals surface area (Å²) in [4.78, 5) is 26.8. The molecule has 2 heterocycles. The Labute approximate surface area is 126 Å². The molecule has 1 saturated heterocycles. The van der Waals surface area contributed by atoms with Crippen molar-refractivity contribution in [3.05, 3.63) is 18.1 Å². The molecule has 0 aliphatic carbocycles. The molecular formula is C15H25N5O. The van der Waals surface area contributed by atoms with Crippen LogP contribution in [-0.4, -0.2) is 72.5 Å². The lowest BCUT2D eigenvalue weighted by Gasteiger charge is -2.36. The maximum atomic E-state index is 11.9. The molecule has 1 amide bonds. The second kappa shape index (κ2) is 6.85. The first kappa shape index (κ1) is 15.7. The van der Waals surface area contributed by atoms with Crippen molar-refractivity contribution in [3.8, 4) is 0 Å². The molecule has 21 heavy (non-hydrogen) atoms. The lowest BCUT2D eigenvalue weighted by molar-refractivity contribution is 0.0821. The van der Waals surface area contributed by atoms with E-state index in [9.17, 15) is 4.79 Å². The number of amides is 1. The summed E-state index contributed by atoms with van der Waals surface area (Å²) in [7, 11) is 3.45. The Kier molecular flexibility index (Phi) is 5.12. The van der Waals surface area contributed by atoms with Crippen molar-refractivity contribution in [3.63, 3.8) is 0 Å². The molecule has 0 unspecified atom stereocenters. The van der Waals surface area contributed by atoms with Gasteiger partial charge in [-0.05, 0) is 5.92 Å². The smallest absolute Gasteiger partial charge is 0.273 e. The Bertz CT molecular complexity index is 481. The number of piperazine rings is 1. The molecule has 116 valence electrons. The molecule has 0 spiro atoms. The number of carbonyl (C=O) groups excluding carboxylic acids is 1. The van der Waals surface area contributed by atoms with E-state index in [1.165, 1.54) is 11.1 Å². The number of carbonyl (C=O) groups is 1. The summed E-state index contributed by atoms with van der Waals surface area (Å²) < 4.78 is 0. The summed E-state index contributed by atoms with van der Waals surface area (Å²) in [5.41, 5.74) is 0.405. The quantitative estimate of drug-likeness (QED) is 0.827. The Morgan fingerprint density at radius 2 is 1.90 bits per heavy atom. The van der Waals surface area contributed by atoms with Gasteiger partial charge in [0.25, 0.3) is 5.91 Å². The third-order valence-corrected chi connectivity index (χ3v) is 3.57. The monoisotopic (exact) mass is 291 g/mol. The zero-order valence-corrected chi connectivity index (χ0v) is 13.4. The Hall–Kier alpha value is -1.69. The molecule has 0 atom stereocenters. The number of rotatable bonds is 4. The highest BCUT2D eigenvalue weighted by Crippen LogP contribution is 2.14. The number of nitrogens with zero attached hydrogens (tertiary/aromatic N) is 5. The average molecular weight is 291 g/mol. The van der Waals surface area contributed by atoms with Gasteiger partial charge in [-0.15, -0.1) is 0 Å². The molecule has 0 radical (unpaired) electrons. The van der Waals surface area contributed by atoms with Crippen LogP contribution < -0.4 is 4.90 Å². The predicted octanol–water partition coefficient (Wildman–Crippen LogP) is 0.956. The van der Waals surface area contributed by atoms with Crippen molar-refractivity contribution in [2.45, 2.75) is 13.8 Å². The van der Waals surface area contributed by atoms with Crippen LogP contribution in [0.2, 0.25) is 0 Å². The fourth-order valence-electron chi connectivity index (χ4n) is 2.52. The molecule has 0 saturated carbocycles. The van der Waals surface area contributed by atoms with E-state index in [-0.39, 0.29) is 5.91 Å². The molecule has 0 N–H and O–H groups in total. The summed E-state index contributed by atoms with van der Waals surface area (Å²) in [6, 6.07) is 0. The minimum Gasteiger partial charge on any atom is -0.353 e. The van der Waals surface area contributed by atoms with E-state index in [0.717, 1.165) is 38.5 Å². The number of hydrogen-bond acceptors (Lipinski definition) is 5. The predicted molar refractivity (Wildman–Crippen MR) is 83.5 cm³/mol. The maximum Gasteiger partial charge on any atom is 0.273 e. The molecule has 1 fully saturated rings. The van der Waals surface area contributed by atoms with Crippen LogP contribution in [0.3, 0.4) is 0 Å². The summed E-state index contributed by atoms with van der Waals surface area (Å²) in [6.45, 7) is 9.56. The average Bonchev–Trinajstić information content (AvgIpc) is 2.46. The van der Waals surface area contributed by atoms with Gasteiger partial charge in [0.15, 0.2) is 0 Å². The van der Waals surface area contributed by atoms with Crippen molar-refractivity contribution >= 4 is 11.7 Å². The van der Waals surface area contributed by atoms with Crippen LogP contribution >= 0.6 is 0 Å². The summed E-state index contributed by atoms with van der Waals surface area (Å²) >= 11 is 0. The van der Waals surface area contributed by atoms with Crippen LogP contribution in [0, 0.1) is 5.92 Å². The van der Waals surface area contributed by atoms with Crippen molar-refractivity contribution in [1.29, 1.82) is 0 Å². The lowest BCUT2D eigenvalue weighted by Crippen LogP contribution is -2.47. The Balaban J connectivity index is 2.00. The van der Waals surface area contributed by atoms with Crippen LogP contribution in [-0.2, 0) is 0 Å². The zero-order valence-electron chi connectivity index (χ0n) is 13.4. The first-order valence-electron chi connectivity index (χ1n) is 7.48. The van der Waals surface area contributed by atoms with Gasteiger partial charge in [-0.25, -0.2) is 4.98 Å². The fourth-order valence-corrected chi connectivity index (χ4v) is 2.52. The van der Waals surface area contributed by atoms with E-state index < -0.39 is 0 Å². The lowest BCUT2D eigenvalue weighted by atomic mass is 10.2. The van der Waals surface area contributed by atoms with Crippen LogP contribution in [0.4, 0.5) is 5.82 Å². The van der Waals surface area contributed by atoms with E-state index in [1.807, 2.05) is 0 Å². The first-order valence-corrected chi connectivity index (χ1v) is 7.48. The minimum atomic E-state index is -0.109. The van der Waals surface area contributed by atoms with E-state index in [4.69, 9.17) is 0 Å². The number of hydrogen-bond donors (Lipinski definition) is 0. The SMILES string of the molecule is CC(C)CN1CCN(c2cncc(C(=O)N(C)C)n2)CC1. The molecule has 1 aromatic heterocycles. The van der Waals surface area contributed by atoms with Gasteiger partial charge in [-0.2, -0.15) is 0 Å². The van der Waals surface area contributed by atoms with Gasteiger partial charge in [0.05, 0.1) is 12.4 Å². The van der Waals surface area contributed by atoms with Crippen molar-refractivity contribution in [1.82, 2.24) is 19.8 Å². The van der Waals surface area contributed by atoms with Crippen LogP contribution in [0.5, 0.6) is 0 Å². The summed E-state index contributed by atoms with van der Waals surface area (Å²) in [5, 5.41) is 0. The highest BCUT2D eigenvalue weighted by Gasteiger charge is 2.20. The topological polar surface area (TPSA) is 52.6 Å². The number of aromatic nitrogens is 2. The van der Waals surface area contributed by atoms with Gasteiger partial charge >= 0.3 is 0 Å². The molecule has 2 rings (SSSR count). The van der Waals surface area contributed by atoms with E-state index >= 15 is 0 Å². The molecule has 6 heteroatoms. The molecule has 1 aromatic rings. The molecule has 0 bridgehead atoms. The van der Waals surface area contributed by atoms with E-state index in [2.05, 4.69) is 33.6 Å².